The van der Waals surface area contributed by atoms with Gasteiger partial charge in [0.15, 0.2) is 0 Å². The van der Waals surface area contributed by atoms with Gasteiger partial charge in [-0.3, -0.25) is 19.4 Å². The minimum atomic E-state index is -1.21. The van der Waals surface area contributed by atoms with Crippen LogP contribution in [-0.2, 0) is 14.3 Å². The Morgan fingerprint density at radius 2 is 2.05 bits per heavy atom. The van der Waals surface area contributed by atoms with E-state index < -0.39 is 23.4 Å². The van der Waals surface area contributed by atoms with Gasteiger partial charge in [-0.2, -0.15) is 4.98 Å². The maximum atomic E-state index is 12.2. The zero-order chi connectivity index (χ0) is 15.0. The lowest BCUT2D eigenvalue weighted by Crippen LogP contribution is -2.40. The Morgan fingerprint density at radius 3 is 2.71 bits per heavy atom. The summed E-state index contributed by atoms with van der Waals surface area (Å²) in [6, 6.07) is 0. The molecule has 1 unspecified atom stereocenters. The number of carbonyl (C=O) groups excluding carboxylic acids is 1. The molecule has 3 rings (SSSR count). The number of aliphatic carboxylic acids is 1. The van der Waals surface area contributed by atoms with Gasteiger partial charge in [0, 0.05) is 19.5 Å². The van der Waals surface area contributed by atoms with Crippen molar-refractivity contribution < 1.29 is 19.4 Å². The molecule has 3 N–H and O–H groups in total. The van der Waals surface area contributed by atoms with Crippen LogP contribution in [0.15, 0.2) is 4.79 Å². The summed E-state index contributed by atoms with van der Waals surface area (Å²) in [4.78, 5) is 43.6. The Labute approximate surface area is 118 Å². The maximum Gasteiger partial charge on any atom is 0.311 e. The summed E-state index contributed by atoms with van der Waals surface area (Å²) in [5.41, 5.74) is -0.534. The van der Waals surface area contributed by atoms with E-state index in [1.165, 1.54) is 0 Å². The molecule has 0 aromatic carbocycles. The van der Waals surface area contributed by atoms with Crippen molar-refractivity contribution in [3.05, 3.63) is 15.9 Å². The van der Waals surface area contributed by atoms with E-state index >= 15 is 0 Å². The van der Waals surface area contributed by atoms with Crippen LogP contribution in [0.25, 0.3) is 0 Å². The number of hydrogen-bond donors (Lipinski definition) is 3. The lowest BCUT2D eigenvalue weighted by Gasteiger charge is -2.28. The van der Waals surface area contributed by atoms with Gasteiger partial charge in [0.2, 0.25) is 11.9 Å². The summed E-state index contributed by atoms with van der Waals surface area (Å²) in [6.07, 6.45) is -0.260. The van der Waals surface area contributed by atoms with E-state index in [1.54, 1.807) is 0 Å². The summed E-state index contributed by atoms with van der Waals surface area (Å²) in [5.74, 6) is -2.49. The first-order valence-corrected chi connectivity index (χ1v) is 6.56. The largest absolute Gasteiger partial charge is 0.481 e. The van der Waals surface area contributed by atoms with Gasteiger partial charge in [-0.25, -0.2) is 0 Å². The Bertz CT molecular complexity index is 650. The summed E-state index contributed by atoms with van der Waals surface area (Å²) in [7, 11) is 0. The van der Waals surface area contributed by atoms with Gasteiger partial charge in [-0.05, 0) is 0 Å². The highest BCUT2D eigenvalue weighted by atomic mass is 16.5. The van der Waals surface area contributed by atoms with Crippen LogP contribution < -0.4 is 15.8 Å². The highest BCUT2D eigenvalue weighted by Gasteiger charge is 2.35. The standard InChI is InChI=1S/C12H14N4O5/c17-7-5-6(11(19)20)8-9(13-7)14-12(15-10(8)18)16-1-3-21-4-2-16/h6H,1-5H2,(H,19,20)(H2,13,14,15,17,18). The minimum Gasteiger partial charge on any atom is -0.481 e. The molecule has 1 aromatic rings. The van der Waals surface area contributed by atoms with Crippen LogP contribution >= 0.6 is 0 Å². The van der Waals surface area contributed by atoms with Crippen molar-refractivity contribution in [3.8, 4) is 0 Å². The molecule has 9 nitrogen and oxygen atoms in total. The molecule has 0 radical (unpaired) electrons. The second-order valence-electron chi connectivity index (χ2n) is 4.89. The third-order valence-corrected chi connectivity index (χ3v) is 3.55. The molecule has 1 aromatic heterocycles. The second-order valence-corrected chi connectivity index (χ2v) is 4.89. The van der Waals surface area contributed by atoms with Crippen molar-refractivity contribution in [3.63, 3.8) is 0 Å². The number of aromatic amines is 1. The van der Waals surface area contributed by atoms with Crippen LogP contribution in [0.4, 0.5) is 11.8 Å². The average Bonchev–Trinajstić information content (AvgIpc) is 2.46. The SMILES string of the molecule is O=C1CC(C(=O)O)c2c(nc(N3CCOCC3)[nH]c2=O)N1. The predicted octanol–water partition coefficient (Wildman–Crippen LogP) is -0.883. The van der Waals surface area contributed by atoms with Crippen LogP contribution in [-0.4, -0.2) is 53.3 Å². The number of carbonyl (C=O) groups is 2. The first-order valence-electron chi connectivity index (χ1n) is 6.56. The van der Waals surface area contributed by atoms with Gasteiger partial charge >= 0.3 is 5.97 Å². The Balaban J connectivity index is 2.04. The molecule has 1 amide bonds. The second kappa shape index (κ2) is 5.17. The summed E-state index contributed by atoms with van der Waals surface area (Å²) < 4.78 is 5.22. The summed E-state index contributed by atoms with van der Waals surface area (Å²) in [5, 5.41) is 11.6. The van der Waals surface area contributed by atoms with E-state index in [1.807, 2.05) is 4.90 Å². The number of amides is 1. The zero-order valence-corrected chi connectivity index (χ0v) is 11.1. The monoisotopic (exact) mass is 294 g/mol. The van der Waals surface area contributed by atoms with Crippen molar-refractivity contribution in [1.29, 1.82) is 0 Å². The highest BCUT2D eigenvalue weighted by Crippen LogP contribution is 2.29. The Hall–Kier alpha value is -2.42. The lowest BCUT2D eigenvalue weighted by atomic mass is 9.94. The van der Waals surface area contributed by atoms with Gasteiger partial charge in [-0.15, -0.1) is 0 Å². The van der Waals surface area contributed by atoms with Crippen molar-refractivity contribution in [2.45, 2.75) is 12.3 Å². The smallest absolute Gasteiger partial charge is 0.311 e. The Kier molecular flexibility index (Phi) is 3.34. The molecule has 3 heterocycles. The molecule has 1 saturated heterocycles. The van der Waals surface area contributed by atoms with Gasteiger partial charge in [0.05, 0.1) is 24.7 Å². The normalized spacial score (nSPS) is 21.6. The number of anilines is 2. The van der Waals surface area contributed by atoms with Crippen molar-refractivity contribution in [1.82, 2.24) is 9.97 Å². The first kappa shape index (κ1) is 13.6. The quantitative estimate of drug-likeness (QED) is 0.646. The lowest BCUT2D eigenvalue weighted by molar-refractivity contribution is -0.140. The molecule has 9 heteroatoms. The van der Waals surface area contributed by atoms with Crippen molar-refractivity contribution in [2.24, 2.45) is 0 Å². The molecule has 0 bridgehead atoms. The topological polar surface area (TPSA) is 125 Å². The molecule has 2 aliphatic rings. The molecule has 2 aliphatic heterocycles. The number of carboxylic acids is 1. The number of fused-ring (bicyclic) bond motifs is 1. The number of nitrogens with zero attached hydrogens (tertiary/aromatic N) is 2. The van der Waals surface area contributed by atoms with Gasteiger partial charge < -0.3 is 20.1 Å². The van der Waals surface area contributed by atoms with Crippen LogP contribution in [0.2, 0.25) is 0 Å². The van der Waals surface area contributed by atoms with E-state index in [0.717, 1.165) is 0 Å². The zero-order valence-electron chi connectivity index (χ0n) is 11.1. The van der Waals surface area contributed by atoms with Crippen molar-refractivity contribution in [2.75, 3.05) is 36.5 Å². The molecule has 0 aliphatic carbocycles. The molecule has 0 saturated carbocycles. The van der Waals surface area contributed by atoms with Crippen LogP contribution in [0.3, 0.4) is 0 Å². The van der Waals surface area contributed by atoms with Gasteiger partial charge in [0.1, 0.15) is 5.82 Å². The van der Waals surface area contributed by atoms with E-state index in [2.05, 4.69) is 15.3 Å². The maximum absolute atomic E-state index is 12.2. The van der Waals surface area contributed by atoms with Crippen LogP contribution in [0.5, 0.6) is 0 Å². The molecule has 21 heavy (non-hydrogen) atoms. The van der Waals surface area contributed by atoms with Crippen LogP contribution in [0.1, 0.15) is 17.9 Å². The number of hydrogen-bond acceptors (Lipinski definition) is 6. The fraction of sp³-hybridized carbons (Fsp3) is 0.500. The Morgan fingerprint density at radius 1 is 1.33 bits per heavy atom. The number of H-pyrrole nitrogens is 1. The third-order valence-electron chi connectivity index (χ3n) is 3.55. The fourth-order valence-corrected chi connectivity index (χ4v) is 2.50. The van der Waals surface area contributed by atoms with E-state index in [-0.39, 0.29) is 17.8 Å². The number of nitrogens with one attached hydrogen (secondary N) is 2. The highest BCUT2D eigenvalue weighted by molar-refractivity contribution is 5.98. The molecular formula is C12H14N4O5. The molecule has 0 spiro atoms. The number of morpholine rings is 1. The summed E-state index contributed by atoms with van der Waals surface area (Å²) in [6.45, 7) is 2.17. The van der Waals surface area contributed by atoms with Crippen LogP contribution in [0, 0.1) is 0 Å². The molecular weight excluding hydrogens is 280 g/mol. The van der Waals surface area contributed by atoms with E-state index in [4.69, 9.17) is 9.84 Å². The third kappa shape index (κ3) is 2.47. The number of rotatable bonds is 2. The predicted molar refractivity (Wildman–Crippen MR) is 71.5 cm³/mol. The van der Waals surface area contributed by atoms with E-state index in [0.29, 0.717) is 32.3 Å². The number of aromatic nitrogens is 2. The molecule has 1 atom stereocenters. The number of carboxylic acid groups (broad SMARTS) is 1. The average molecular weight is 294 g/mol. The summed E-state index contributed by atoms with van der Waals surface area (Å²) >= 11 is 0. The van der Waals surface area contributed by atoms with Gasteiger partial charge in [-0.1, -0.05) is 0 Å². The first-order chi connectivity index (χ1) is 10.1. The molecule has 1 fully saturated rings. The fourth-order valence-electron chi connectivity index (χ4n) is 2.50. The van der Waals surface area contributed by atoms with Gasteiger partial charge in [0.25, 0.3) is 5.56 Å². The van der Waals surface area contributed by atoms with E-state index in [9.17, 15) is 14.4 Å². The number of ether oxygens (including phenoxy) is 1. The van der Waals surface area contributed by atoms with Crippen molar-refractivity contribution >= 4 is 23.6 Å². The molecule has 112 valence electrons. The minimum absolute atomic E-state index is 0.000825.